The van der Waals surface area contributed by atoms with Crippen LogP contribution in [0.5, 0.6) is 0 Å². The number of H-pyrrole nitrogens is 2. The smallest absolute Gasteiger partial charge is 0.274 e. The molecule has 4 rings (SSSR count). The van der Waals surface area contributed by atoms with Crippen LogP contribution in [0.2, 0.25) is 0 Å². The van der Waals surface area contributed by atoms with E-state index in [1.807, 2.05) is 29.2 Å². The van der Waals surface area contributed by atoms with Crippen molar-refractivity contribution in [1.82, 2.24) is 25.3 Å². The Balaban J connectivity index is 1.51. The normalized spacial score (nSPS) is 14.1. The van der Waals surface area contributed by atoms with E-state index in [9.17, 15) is 4.79 Å². The van der Waals surface area contributed by atoms with Gasteiger partial charge in [-0.25, -0.2) is 0 Å². The number of aryl methyl sites for hydroxylation is 1. The van der Waals surface area contributed by atoms with Crippen molar-refractivity contribution in [1.29, 1.82) is 0 Å². The third kappa shape index (κ3) is 3.14. The summed E-state index contributed by atoms with van der Waals surface area (Å²) in [6, 6.07) is 12.1. The fourth-order valence-electron chi connectivity index (χ4n) is 3.55. The molecule has 1 amide bonds. The molecule has 1 aliphatic heterocycles. The van der Waals surface area contributed by atoms with Crippen molar-refractivity contribution < 1.29 is 4.79 Å². The lowest BCUT2D eigenvalue weighted by Crippen LogP contribution is -2.33. The Kier molecular flexibility index (Phi) is 4.56. The molecular formula is C20H23N5O. The summed E-state index contributed by atoms with van der Waals surface area (Å²) in [6.45, 7) is 3.47. The zero-order valence-electron chi connectivity index (χ0n) is 15.0. The van der Waals surface area contributed by atoms with Gasteiger partial charge in [0.1, 0.15) is 5.69 Å². The largest absolute Gasteiger partial charge is 0.337 e. The fourth-order valence-corrected chi connectivity index (χ4v) is 3.55. The summed E-state index contributed by atoms with van der Waals surface area (Å²) in [7, 11) is 0. The molecule has 134 valence electrons. The SMILES string of the molecule is CCCc1cc(C(=O)N2CCc3[nH]nc(-c4ccccc4)c3CC2)n[nH]1. The van der Waals surface area contributed by atoms with E-state index in [1.54, 1.807) is 0 Å². The molecule has 0 aliphatic carbocycles. The molecule has 0 radical (unpaired) electrons. The Morgan fingerprint density at radius 1 is 1.12 bits per heavy atom. The van der Waals surface area contributed by atoms with Crippen LogP contribution in [0.15, 0.2) is 36.4 Å². The molecule has 1 aromatic carbocycles. The van der Waals surface area contributed by atoms with Gasteiger partial charge in [0, 0.05) is 42.0 Å². The third-order valence-corrected chi connectivity index (χ3v) is 4.92. The number of hydrogen-bond acceptors (Lipinski definition) is 3. The first kappa shape index (κ1) is 16.6. The second-order valence-corrected chi connectivity index (χ2v) is 6.72. The molecule has 26 heavy (non-hydrogen) atoms. The first-order chi connectivity index (χ1) is 12.8. The first-order valence-electron chi connectivity index (χ1n) is 9.21. The molecule has 0 saturated carbocycles. The van der Waals surface area contributed by atoms with Crippen molar-refractivity contribution in [2.45, 2.75) is 32.6 Å². The van der Waals surface area contributed by atoms with Crippen molar-refractivity contribution in [3.63, 3.8) is 0 Å². The molecule has 0 saturated heterocycles. The Hall–Kier alpha value is -2.89. The van der Waals surface area contributed by atoms with E-state index in [1.165, 1.54) is 5.56 Å². The lowest BCUT2D eigenvalue weighted by atomic mass is 10.0. The Bertz CT molecular complexity index is 896. The number of carbonyl (C=O) groups excluding carboxylic acids is 1. The van der Waals surface area contributed by atoms with Gasteiger partial charge in [-0.1, -0.05) is 43.7 Å². The van der Waals surface area contributed by atoms with Gasteiger partial charge in [0.15, 0.2) is 0 Å². The number of nitrogens with zero attached hydrogens (tertiary/aromatic N) is 3. The third-order valence-electron chi connectivity index (χ3n) is 4.92. The zero-order chi connectivity index (χ0) is 17.9. The van der Waals surface area contributed by atoms with Gasteiger partial charge in [0.25, 0.3) is 5.91 Å². The Morgan fingerprint density at radius 3 is 2.73 bits per heavy atom. The average Bonchev–Trinajstić information content (AvgIpc) is 3.25. The van der Waals surface area contributed by atoms with Crippen LogP contribution in [0.4, 0.5) is 0 Å². The van der Waals surface area contributed by atoms with E-state index in [0.717, 1.165) is 48.3 Å². The highest BCUT2D eigenvalue weighted by molar-refractivity contribution is 5.92. The van der Waals surface area contributed by atoms with Crippen LogP contribution < -0.4 is 0 Å². The number of rotatable bonds is 4. The highest BCUT2D eigenvalue weighted by Gasteiger charge is 2.24. The standard InChI is InChI=1S/C20H23N5O/c1-2-6-15-13-18(23-21-15)20(26)25-11-9-16-17(10-12-25)22-24-19(16)14-7-4-3-5-8-14/h3-5,7-8,13H,2,6,9-12H2,1H3,(H,21,23)(H,22,24). The predicted molar refractivity (Wildman–Crippen MR) is 99.9 cm³/mol. The number of nitrogens with one attached hydrogen (secondary N) is 2. The van der Waals surface area contributed by atoms with E-state index >= 15 is 0 Å². The second-order valence-electron chi connectivity index (χ2n) is 6.72. The highest BCUT2D eigenvalue weighted by Crippen LogP contribution is 2.26. The van der Waals surface area contributed by atoms with Crippen molar-refractivity contribution in [2.75, 3.05) is 13.1 Å². The molecule has 2 N–H and O–H groups in total. The summed E-state index contributed by atoms with van der Waals surface area (Å²) < 4.78 is 0. The number of aromatic nitrogens is 4. The maximum Gasteiger partial charge on any atom is 0.274 e. The summed E-state index contributed by atoms with van der Waals surface area (Å²) >= 11 is 0. The van der Waals surface area contributed by atoms with Gasteiger partial charge in [-0.3, -0.25) is 15.0 Å². The lowest BCUT2D eigenvalue weighted by Gasteiger charge is -2.18. The van der Waals surface area contributed by atoms with Crippen molar-refractivity contribution in [3.05, 3.63) is 59.0 Å². The van der Waals surface area contributed by atoms with Crippen LogP contribution in [0.1, 0.15) is 40.8 Å². The molecule has 0 fully saturated rings. The van der Waals surface area contributed by atoms with E-state index in [4.69, 9.17) is 0 Å². The van der Waals surface area contributed by atoms with Gasteiger partial charge in [-0.2, -0.15) is 10.2 Å². The molecule has 1 aliphatic rings. The van der Waals surface area contributed by atoms with Gasteiger partial charge < -0.3 is 4.90 Å². The first-order valence-corrected chi connectivity index (χ1v) is 9.21. The van der Waals surface area contributed by atoms with Gasteiger partial charge in [-0.05, 0) is 18.9 Å². The van der Waals surface area contributed by atoms with Crippen molar-refractivity contribution >= 4 is 5.91 Å². The van der Waals surface area contributed by atoms with E-state index in [2.05, 4.69) is 39.5 Å². The quantitative estimate of drug-likeness (QED) is 0.760. The number of amides is 1. The van der Waals surface area contributed by atoms with E-state index in [0.29, 0.717) is 18.8 Å². The highest BCUT2D eigenvalue weighted by atomic mass is 16.2. The maximum atomic E-state index is 12.8. The minimum Gasteiger partial charge on any atom is -0.337 e. The van der Waals surface area contributed by atoms with Gasteiger partial charge in [0.2, 0.25) is 0 Å². The van der Waals surface area contributed by atoms with Crippen LogP contribution in [-0.2, 0) is 19.3 Å². The van der Waals surface area contributed by atoms with Crippen LogP contribution >= 0.6 is 0 Å². The number of carbonyl (C=O) groups is 1. The number of aromatic amines is 2. The fraction of sp³-hybridized carbons (Fsp3) is 0.350. The number of benzene rings is 1. The molecule has 0 unspecified atom stereocenters. The zero-order valence-corrected chi connectivity index (χ0v) is 15.0. The van der Waals surface area contributed by atoms with Crippen LogP contribution in [-0.4, -0.2) is 44.3 Å². The predicted octanol–water partition coefficient (Wildman–Crippen LogP) is 2.99. The van der Waals surface area contributed by atoms with Gasteiger partial charge in [-0.15, -0.1) is 0 Å². The summed E-state index contributed by atoms with van der Waals surface area (Å²) in [4.78, 5) is 14.7. The number of hydrogen-bond donors (Lipinski definition) is 2. The molecule has 3 heterocycles. The lowest BCUT2D eigenvalue weighted by molar-refractivity contribution is 0.0757. The minimum absolute atomic E-state index is 0.00276. The van der Waals surface area contributed by atoms with E-state index in [-0.39, 0.29) is 5.91 Å². The van der Waals surface area contributed by atoms with Crippen LogP contribution in [0.3, 0.4) is 0 Å². The molecular weight excluding hydrogens is 326 g/mol. The molecule has 6 nitrogen and oxygen atoms in total. The van der Waals surface area contributed by atoms with Crippen molar-refractivity contribution in [3.8, 4) is 11.3 Å². The topological polar surface area (TPSA) is 77.7 Å². The van der Waals surface area contributed by atoms with E-state index < -0.39 is 0 Å². The Labute approximate surface area is 152 Å². The average molecular weight is 349 g/mol. The molecule has 0 spiro atoms. The molecule has 6 heteroatoms. The van der Waals surface area contributed by atoms with Crippen LogP contribution in [0.25, 0.3) is 11.3 Å². The monoisotopic (exact) mass is 349 g/mol. The Morgan fingerprint density at radius 2 is 1.92 bits per heavy atom. The number of fused-ring (bicyclic) bond motifs is 1. The minimum atomic E-state index is 0.00276. The van der Waals surface area contributed by atoms with Crippen molar-refractivity contribution in [2.24, 2.45) is 0 Å². The second kappa shape index (κ2) is 7.15. The molecule has 0 bridgehead atoms. The van der Waals surface area contributed by atoms with Gasteiger partial charge >= 0.3 is 0 Å². The molecule has 3 aromatic rings. The summed E-state index contributed by atoms with van der Waals surface area (Å²) in [6.07, 6.45) is 3.53. The molecule has 2 aromatic heterocycles. The maximum absolute atomic E-state index is 12.8. The van der Waals surface area contributed by atoms with Crippen LogP contribution in [0, 0.1) is 0 Å². The molecule has 0 atom stereocenters. The summed E-state index contributed by atoms with van der Waals surface area (Å²) in [5, 5.41) is 14.9. The van der Waals surface area contributed by atoms with Gasteiger partial charge in [0.05, 0.1) is 5.69 Å². The summed E-state index contributed by atoms with van der Waals surface area (Å²) in [5.41, 5.74) is 6.00. The summed E-state index contributed by atoms with van der Waals surface area (Å²) in [5.74, 6) is 0.00276.